The van der Waals surface area contributed by atoms with Crippen LogP contribution in [-0.2, 0) is 0 Å². The van der Waals surface area contributed by atoms with E-state index in [-0.39, 0.29) is 5.91 Å². The van der Waals surface area contributed by atoms with Crippen LogP contribution in [0, 0.1) is 0 Å². The molecule has 110 valence electrons. The van der Waals surface area contributed by atoms with Crippen LogP contribution in [0.4, 0.5) is 5.82 Å². The Morgan fingerprint density at radius 2 is 2.15 bits per heavy atom. The molecule has 0 aromatic carbocycles. The summed E-state index contributed by atoms with van der Waals surface area (Å²) in [5, 5.41) is 4.43. The highest BCUT2D eigenvalue weighted by molar-refractivity contribution is 8.00. The molecular formula is C14H20ClN3OS. The zero-order chi connectivity index (χ0) is 14.7. The molecule has 20 heavy (non-hydrogen) atoms. The molecule has 1 aromatic rings. The average Bonchev–Trinajstić information content (AvgIpc) is 2.39. The van der Waals surface area contributed by atoms with Gasteiger partial charge in [0.2, 0.25) is 0 Å². The van der Waals surface area contributed by atoms with Gasteiger partial charge in [-0.2, -0.15) is 11.8 Å². The minimum Gasteiger partial charge on any atom is -0.370 e. The van der Waals surface area contributed by atoms with E-state index in [4.69, 9.17) is 11.6 Å². The Hall–Kier alpha value is -0.940. The second kappa shape index (κ2) is 6.68. The van der Waals surface area contributed by atoms with E-state index in [0.29, 0.717) is 26.9 Å². The second-order valence-electron chi connectivity index (χ2n) is 5.05. The molecule has 4 nitrogen and oxygen atoms in total. The lowest BCUT2D eigenvalue weighted by Crippen LogP contribution is -2.44. The van der Waals surface area contributed by atoms with Crippen LogP contribution < -0.4 is 5.32 Å². The van der Waals surface area contributed by atoms with Crippen molar-refractivity contribution in [1.29, 1.82) is 0 Å². The quantitative estimate of drug-likeness (QED) is 0.931. The van der Waals surface area contributed by atoms with Gasteiger partial charge in [-0.05, 0) is 13.0 Å². The van der Waals surface area contributed by atoms with Crippen LogP contribution in [0.1, 0.15) is 31.1 Å². The topological polar surface area (TPSA) is 45.2 Å². The minimum atomic E-state index is -0.00412. The van der Waals surface area contributed by atoms with Gasteiger partial charge >= 0.3 is 0 Å². The van der Waals surface area contributed by atoms with Crippen LogP contribution >= 0.6 is 23.4 Å². The molecule has 0 spiro atoms. The number of pyridine rings is 1. The summed E-state index contributed by atoms with van der Waals surface area (Å²) in [7, 11) is 0. The smallest absolute Gasteiger partial charge is 0.255 e. The molecule has 2 unspecified atom stereocenters. The molecule has 1 aliphatic heterocycles. The highest BCUT2D eigenvalue weighted by atomic mass is 35.5. The van der Waals surface area contributed by atoms with Gasteiger partial charge < -0.3 is 10.2 Å². The summed E-state index contributed by atoms with van der Waals surface area (Å²) in [4.78, 5) is 18.7. The summed E-state index contributed by atoms with van der Waals surface area (Å²) in [6.45, 7) is 8.59. The largest absolute Gasteiger partial charge is 0.370 e. The molecule has 0 saturated carbocycles. The van der Waals surface area contributed by atoms with E-state index in [9.17, 15) is 4.79 Å². The fourth-order valence-electron chi connectivity index (χ4n) is 2.39. The molecule has 1 saturated heterocycles. The van der Waals surface area contributed by atoms with Crippen molar-refractivity contribution < 1.29 is 4.79 Å². The molecule has 1 fully saturated rings. The average molecular weight is 314 g/mol. The van der Waals surface area contributed by atoms with Crippen LogP contribution in [0.15, 0.2) is 12.3 Å². The predicted molar refractivity (Wildman–Crippen MR) is 85.8 cm³/mol. The van der Waals surface area contributed by atoms with Gasteiger partial charge in [-0.1, -0.05) is 25.4 Å². The molecule has 1 aromatic heterocycles. The third-order valence-corrected chi connectivity index (χ3v) is 4.68. The van der Waals surface area contributed by atoms with Crippen molar-refractivity contribution in [3.63, 3.8) is 0 Å². The number of amides is 1. The van der Waals surface area contributed by atoms with Gasteiger partial charge in [0, 0.05) is 36.3 Å². The van der Waals surface area contributed by atoms with Gasteiger partial charge in [0.05, 0.1) is 10.6 Å². The van der Waals surface area contributed by atoms with Crippen molar-refractivity contribution in [2.24, 2.45) is 0 Å². The van der Waals surface area contributed by atoms with Crippen molar-refractivity contribution in [2.45, 2.75) is 31.3 Å². The first-order valence-corrected chi connectivity index (χ1v) is 8.17. The number of halogens is 1. The van der Waals surface area contributed by atoms with Gasteiger partial charge in [0.15, 0.2) is 0 Å². The SMILES string of the molecule is CCNc1cc(C(=O)N2CC(C)SC(C)C2)c(Cl)cn1. The Labute approximate surface area is 129 Å². The van der Waals surface area contributed by atoms with Crippen LogP contribution in [0.2, 0.25) is 5.02 Å². The lowest BCUT2D eigenvalue weighted by molar-refractivity contribution is 0.0753. The first-order valence-electron chi connectivity index (χ1n) is 6.85. The molecule has 2 heterocycles. The normalized spacial score (nSPS) is 22.7. The van der Waals surface area contributed by atoms with Crippen LogP contribution in [0.5, 0.6) is 0 Å². The zero-order valence-electron chi connectivity index (χ0n) is 12.0. The Kier molecular flexibility index (Phi) is 5.16. The van der Waals surface area contributed by atoms with Gasteiger partial charge in [-0.3, -0.25) is 4.79 Å². The van der Waals surface area contributed by atoms with Crippen molar-refractivity contribution in [3.8, 4) is 0 Å². The fraction of sp³-hybridized carbons (Fsp3) is 0.571. The second-order valence-corrected chi connectivity index (χ2v) is 7.34. The third kappa shape index (κ3) is 3.58. The molecular weight excluding hydrogens is 294 g/mol. The fourth-order valence-corrected chi connectivity index (χ4v) is 3.90. The number of rotatable bonds is 3. The number of thioether (sulfide) groups is 1. The Bertz CT molecular complexity index is 487. The molecule has 0 radical (unpaired) electrons. The van der Waals surface area contributed by atoms with Crippen LogP contribution in [0.3, 0.4) is 0 Å². The minimum absolute atomic E-state index is 0.00412. The van der Waals surface area contributed by atoms with E-state index in [1.165, 1.54) is 0 Å². The maximum absolute atomic E-state index is 12.6. The van der Waals surface area contributed by atoms with Crippen molar-refractivity contribution >= 4 is 35.1 Å². The van der Waals surface area contributed by atoms with Crippen LogP contribution in [0.25, 0.3) is 0 Å². The Morgan fingerprint density at radius 3 is 2.75 bits per heavy atom. The van der Waals surface area contributed by atoms with Crippen molar-refractivity contribution in [2.75, 3.05) is 25.0 Å². The molecule has 1 N–H and O–H groups in total. The van der Waals surface area contributed by atoms with Gasteiger partial charge in [-0.25, -0.2) is 4.98 Å². The summed E-state index contributed by atoms with van der Waals surface area (Å²) in [6, 6.07) is 1.74. The van der Waals surface area contributed by atoms with E-state index in [1.54, 1.807) is 12.3 Å². The molecule has 0 bridgehead atoms. The van der Waals surface area contributed by atoms with Crippen LogP contribution in [-0.4, -0.2) is 45.9 Å². The number of aromatic nitrogens is 1. The monoisotopic (exact) mass is 313 g/mol. The number of carbonyl (C=O) groups is 1. The number of hydrogen-bond acceptors (Lipinski definition) is 4. The van der Waals surface area contributed by atoms with E-state index < -0.39 is 0 Å². The Morgan fingerprint density at radius 1 is 1.50 bits per heavy atom. The lowest BCUT2D eigenvalue weighted by Gasteiger charge is -2.34. The third-order valence-electron chi connectivity index (χ3n) is 3.15. The standard InChI is InChI=1S/C14H20ClN3OS/c1-4-16-13-5-11(12(15)6-17-13)14(19)18-7-9(2)20-10(3)8-18/h5-6,9-10H,4,7-8H2,1-3H3,(H,16,17). The Balaban J connectivity index is 2.21. The van der Waals surface area contributed by atoms with E-state index in [1.807, 2.05) is 23.6 Å². The van der Waals surface area contributed by atoms with Crippen molar-refractivity contribution in [1.82, 2.24) is 9.88 Å². The molecule has 1 amide bonds. The molecule has 6 heteroatoms. The van der Waals surface area contributed by atoms with E-state index >= 15 is 0 Å². The highest BCUT2D eigenvalue weighted by Crippen LogP contribution is 2.27. The first-order chi connectivity index (χ1) is 9.51. The maximum atomic E-state index is 12.6. The van der Waals surface area contributed by atoms with Gasteiger partial charge in [-0.15, -0.1) is 0 Å². The van der Waals surface area contributed by atoms with Gasteiger partial charge in [0.25, 0.3) is 5.91 Å². The summed E-state index contributed by atoms with van der Waals surface area (Å²) in [5.74, 6) is 0.684. The molecule has 0 aliphatic carbocycles. The highest BCUT2D eigenvalue weighted by Gasteiger charge is 2.27. The van der Waals surface area contributed by atoms with Gasteiger partial charge in [0.1, 0.15) is 5.82 Å². The number of hydrogen-bond donors (Lipinski definition) is 1. The number of anilines is 1. The number of nitrogens with one attached hydrogen (secondary N) is 1. The van der Waals surface area contributed by atoms with Crippen molar-refractivity contribution in [3.05, 3.63) is 22.8 Å². The molecule has 2 rings (SSSR count). The first kappa shape index (κ1) is 15.4. The van der Waals surface area contributed by atoms with E-state index in [0.717, 1.165) is 19.6 Å². The lowest BCUT2D eigenvalue weighted by atomic mass is 10.2. The maximum Gasteiger partial charge on any atom is 0.255 e. The number of nitrogens with zero attached hydrogens (tertiary/aromatic N) is 2. The molecule has 2 atom stereocenters. The predicted octanol–water partition coefficient (Wildman–Crippen LogP) is 3.13. The summed E-state index contributed by atoms with van der Waals surface area (Å²) in [6.07, 6.45) is 1.54. The molecule has 1 aliphatic rings. The van der Waals surface area contributed by atoms with E-state index in [2.05, 4.69) is 24.1 Å². The summed E-state index contributed by atoms with van der Waals surface area (Å²) >= 11 is 8.06. The summed E-state index contributed by atoms with van der Waals surface area (Å²) in [5.41, 5.74) is 0.531. The summed E-state index contributed by atoms with van der Waals surface area (Å²) < 4.78 is 0. The zero-order valence-corrected chi connectivity index (χ0v) is 13.6. The number of carbonyl (C=O) groups excluding carboxylic acids is 1.